The van der Waals surface area contributed by atoms with Gasteiger partial charge in [-0.05, 0) is 25.5 Å². The van der Waals surface area contributed by atoms with Crippen molar-refractivity contribution in [3.8, 4) is 11.5 Å². The Labute approximate surface area is 117 Å². The number of para-hydroxylation sites is 1. The van der Waals surface area contributed by atoms with Crippen LogP contribution in [0.2, 0.25) is 0 Å². The van der Waals surface area contributed by atoms with E-state index in [9.17, 15) is 14.7 Å². The number of carboxylic acids is 1. The van der Waals surface area contributed by atoms with E-state index >= 15 is 0 Å². The summed E-state index contributed by atoms with van der Waals surface area (Å²) in [6.07, 6.45) is 0.382. The van der Waals surface area contributed by atoms with Crippen molar-refractivity contribution in [1.82, 2.24) is 5.32 Å². The number of rotatable bonds is 6. The van der Waals surface area contributed by atoms with Crippen molar-refractivity contribution in [3.05, 3.63) is 23.8 Å². The highest BCUT2D eigenvalue weighted by Gasteiger charge is 2.31. The maximum Gasteiger partial charge on any atom is 0.311 e. The number of phenolic OH excluding ortho intramolecular Hbond substituents is 1. The minimum absolute atomic E-state index is 0.0195. The summed E-state index contributed by atoms with van der Waals surface area (Å²) in [5.41, 5.74) is -0.988. The molecule has 20 heavy (non-hydrogen) atoms. The molecule has 0 fully saturated rings. The van der Waals surface area contributed by atoms with Gasteiger partial charge in [0.2, 0.25) is 0 Å². The zero-order valence-corrected chi connectivity index (χ0v) is 11.8. The largest absolute Gasteiger partial charge is 0.504 e. The summed E-state index contributed by atoms with van der Waals surface area (Å²) in [6.45, 7) is 3.28. The molecule has 0 aliphatic heterocycles. The summed E-state index contributed by atoms with van der Waals surface area (Å²) in [4.78, 5) is 23.1. The number of carboxylic acid groups (broad SMARTS) is 1. The highest BCUT2D eigenvalue weighted by Crippen LogP contribution is 2.29. The van der Waals surface area contributed by atoms with Crippen molar-refractivity contribution in [2.45, 2.75) is 20.3 Å². The molecule has 110 valence electrons. The van der Waals surface area contributed by atoms with E-state index in [1.54, 1.807) is 19.9 Å². The normalized spacial score (nSPS) is 13.3. The molecule has 0 aliphatic rings. The van der Waals surface area contributed by atoms with Crippen LogP contribution in [0.3, 0.4) is 0 Å². The number of aromatic hydroxyl groups is 1. The number of aliphatic carboxylic acids is 1. The molecule has 3 N–H and O–H groups in total. The molecule has 1 aromatic rings. The van der Waals surface area contributed by atoms with Crippen molar-refractivity contribution in [3.63, 3.8) is 0 Å². The standard InChI is InChI=1S/C14H19NO5/c1-4-14(2,13(18)19)8-15-12(17)9-6-5-7-10(20-3)11(9)16/h5-7,16H,4,8H2,1-3H3,(H,15,17)(H,18,19). The number of amides is 1. The lowest BCUT2D eigenvalue weighted by Gasteiger charge is -2.23. The van der Waals surface area contributed by atoms with E-state index in [1.165, 1.54) is 19.2 Å². The van der Waals surface area contributed by atoms with Crippen LogP contribution in [-0.4, -0.2) is 35.7 Å². The van der Waals surface area contributed by atoms with Gasteiger partial charge in [-0.3, -0.25) is 9.59 Å². The Kier molecular flexibility index (Phi) is 4.96. The molecule has 0 saturated heterocycles. The summed E-state index contributed by atoms with van der Waals surface area (Å²) >= 11 is 0. The zero-order valence-electron chi connectivity index (χ0n) is 11.8. The van der Waals surface area contributed by atoms with Gasteiger partial charge in [0.1, 0.15) is 0 Å². The average molecular weight is 281 g/mol. The molecule has 0 aliphatic carbocycles. The number of phenols is 1. The van der Waals surface area contributed by atoms with Gasteiger partial charge < -0.3 is 20.3 Å². The molecule has 1 unspecified atom stereocenters. The number of ether oxygens (including phenoxy) is 1. The maximum absolute atomic E-state index is 12.0. The second-order valence-electron chi connectivity index (χ2n) is 4.76. The smallest absolute Gasteiger partial charge is 0.311 e. The van der Waals surface area contributed by atoms with Gasteiger partial charge >= 0.3 is 5.97 Å². The molecule has 0 aromatic heterocycles. The van der Waals surface area contributed by atoms with E-state index in [0.29, 0.717) is 6.42 Å². The van der Waals surface area contributed by atoms with Crippen LogP contribution < -0.4 is 10.1 Å². The van der Waals surface area contributed by atoms with Gasteiger partial charge in [-0.2, -0.15) is 0 Å². The lowest BCUT2D eigenvalue weighted by atomic mass is 9.87. The van der Waals surface area contributed by atoms with Gasteiger partial charge in [0, 0.05) is 6.54 Å². The van der Waals surface area contributed by atoms with E-state index < -0.39 is 17.3 Å². The van der Waals surface area contributed by atoms with Crippen LogP contribution >= 0.6 is 0 Å². The highest BCUT2D eigenvalue weighted by atomic mass is 16.5. The van der Waals surface area contributed by atoms with E-state index in [0.717, 1.165) is 0 Å². The molecule has 1 amide bonds. The third-order valence-electron chi connectivity index (χ3n) is 3.40. The fourth-order valence-electron chi connectivity index (χ4n) is 1.59. The Morgan fingerprint density at radius 2 is 2.05 bits per heavy atom. The van der Waals surface area contributed by atoms with Gasteiger partial charge in [-0.25, -0.2) is 0 Å². The first-order valence-electron chi connectivity index (χ1n) is 6.23. The van der Waals surface area contributed by atoms with Crippen LogP contribution in [0.1, 0.15) is 30.6 Å². The molecule has 0 heterocycles. The van der Waals surface area contributed by atoms with Crippen LogP contribution in [0.4, 0.5) is 0 Å². The Morgan fingerprint density at radius 1 is 1.40 bits per heavy atom. The molecular formula is C14H19NO5. The van der Waals surface area contributed by atoms with Crippen molar-refractivity contribution < 1.29 is 24.5 Å². The van der Waals surface area contributed by atoms with Gasteiger partial charge in [-0.15, -0.1) is 0 Å². The predicted molar refractivity (Wildman–Crippen MR) is 73.0 cm³/mol. The molecule has 0 spiro atoms. The summed E-state index contributed by atoms with van der Waals surface area (Å²) in [6, 6.07) is 4.54. The minimum atomic E-state index is -1.04. The molecule has 0 bridgehead atoms. The molecule has 6 nitrogen and oxygen atoms in total. The topological polar surface area (TPSA) is 95.9 Å². The molecular weight excluding hydrogens is 262 g/mol. The minimum Gasteiger partial charge on any atom is -0.504 e. The monoisotopic (exact) mass is 281 g/mol. The van der Waals surface area contributed by atoms with E-state index in [4.69, 9.17) is 9.84 Å². The second-order valence-corrected chi connectivity index (χ2v) is 4.76. The van der Waals surface area contributed by atoms with Crippen molar-refractivity contribution in [2.24, 2.45) is 5.41 Å². The highest BCUT2D eigenvalue weighted by molar-refractivity contribution is 5.97. The van der Waals surface area contributed by atoms with E-state index in [1.807, 2.05) is 0 Å². The van der Waals surface area contributed by atoms with Gasteiger partial charge in [-0.1, -0.05) is 13.0 Å². The van der Waals surface area contributed by atoms with Crippen LogP contribution in [0, 0.1) is 5.41 Å². The van der Waals surface area contributed by atoms with Crippen LogP contribution in [-0.2, 0) is 4.79 Å². The third-order valence-corrected chi connectivity index (χ3v) is 3.40. The molecule has 1 aromatic carbocycles. The zero-order chi connectivity index (χ0) is 15.3. The van der Waals surface area contributed by atoms with Crippen molar-refractivity contribution in [2.75, 3.05) is 13.7 Å². The Hall–Kier alpha value is -2.24. The number of carbonyl (C=O) groups excluding carboxylic acids is 1. The van der Waals surface area contributed by atoms with Gasteiger partial charge in [0.25, 0.3) is 5.91 Å². The second kappa shape index (κ2) is 6.27. The Bertz CT molecular complexity index is 514. The SMILES string of the molecule is CCC(C)(CNC(=O)c1cccc(OC)c1O)C(=O)O. The molecule has 6 heteroatoms. The molecule has 0 radical (unpaired) electrons. The van der Waals surface area contributed by atoms with E-state index in [-0.39, 0.29) is 23.6 Å². The number of carbonyl (C=O) groups is 2. The predicted octanol–water partition coefficient (Wildman–Crippen LogP) is 1.63. The van der Waals surface area contributed by atoms with Gasteiger partial charge in [0.15, 0.2) is 11.5 Å². The lowest BCUT2D eigenvalue weighted by molar-refractivity contribution is -0.147. The molecule has 0 saturated carbocycles. The maximum atomic E-state index is 12.0. The molecule has 1 rings (SSSR count). The first kappa shape index (κ1) is 15.8. The number of methoxy groups -OCH3 is 1. The van der Waals surface area contributed by atoms with Crippen LogP contribution in [0.25, 0.3) is 0 Å². The van der Waals surface area contributed by atoms with E-state index in [2.05, 4.69) is 5.32 Å². The lowest BCUT2D eigenvalue weighted by Crippen LogP contribution is -2.40. The van der Waals surface area contributed by atoms with Gasteiger partial charge in [0.05, 0.1) is 18.1 Å². The van der Waals surface area contributed by atoms with Crippen LogP contribution in [0.15, 0.2) is 18.2 Å². The Balaban J connectivity index is 2.85. The fourth-order valence-corrected chi connectivity index (χ4v) is 1.59. The summed E-state index contributed by atoms with van der Waals surface area (Å²) < 4.78 is 4.92. The Morgan fingerprint density at radius 3 is 2.55 bits per heavy atom. The average Bonchev–Trinajstić information content (AvgIpc) is 2.44. The molecule has 1 atom stereocenters. The summed E-state index contributed by atoms with van der Waals surface area (Å²) in [5.74, 6) is -1.59. The number of nitrogens with one attached hydrogen (secondary N) is 1. The number of benzene rings is 1. The van der Waals surface area contributed by atoms with Crippen LogP contribution in [0.5, 0.6) is 11.5 Å². The fraction of sp³-hybridized carbons (Fsp3) is 0.429. The third kappa shape index (κ3) is 3.20. The van der Waals surface area contributed by atoms with Crippen molar-refractivity contribution in [1.29, 1.82) is 0 Å². The van der Waals surface area contributed by atoms with Crippen molar-refractivity contribution >= 4 is 11.9 Å². The first-order valence-corrected chi connectivity index (χ1v) is 6.23. The first-order chi connectivity index (χ1) is 9.35. The number of hydrogen-bond donors (Lipinski definition) is 3. The summed E-state index contributed by atoms with van der Waals surface area (Å²) in [7, 11) is 1.38. The quantitative estimate of drug-likeness (QED) is 0.736. The number of hydrogen-bond acceptors (Lipinski definition) is 4. The summed E-state index contributed by atoms with van der Waals surface area (Å²) in [5, 5.41) is 21.5.